The molecule has 3 heterocycles. The van der Waals surface area contributed by atoms with Gasteiger partial charge in [-0.2, -0.15) is 0 Å². The fourth-order valence-electron chi connectivity index (χ4n) is 2.34. The summed E-state index contributed by atoms with van der Waals surface area (Å²) in [5, 5.41) is 0. The van der Waals surface area contributed by atoms with Gasteiger partial charge < -0.3 is 27.8 Å². The lowest BCUT2D eigenvalue weighted by Crippen LogP contribution is -1.95. The van der Waals surface area contributed by atoms with Crippen LogP contribution in [0.1, 0.15) is 23.0 Å². The van der Waals surface area contributed by atoms with Crippen LogP contribution in [-0.2, 0) is 45.4 Å². The predicted molar refractivity (Wildman–Crippen MR) is 94.3 cm³/mol. The van der Waals surface area contributed by atoms with Gasteiger partial charge in [-0.25, -0.2) is 0 Å². The van der Waals surface area contributed by atoms with Gasteiger partial charge in [-0.15, -0.1) is 0 Å². The van der Waals surface area contributed by atoms with Gasteiger partial charge in [-0.3, -0.25) is 0 Å². The van der Waals surface area contributed by atoms with Crippen molar-refractivity contribution in [2.24, 2.45) is 0 Å². The Kier molecular flexibility index (Phi) is 7.74. The summed E-state index contributed by atoms with van der Waals surface area (Å²) >= 11 is 0. The van der Waals surface area contributed by atoms with Crippen LogP contribution in [0, 0.1) is 0 Å². The molecule has 0 aliphatic carbocycles. The van der Waals surface area contributed by atoms with Gasteiger partial charge in [0.25, 0.3) is 0 Å². The minimum atomic E-state index is 0.428. The highest BCUT2D eigenvalue weighted by Crippen LogP contribution is 2.11. The molecule has 2 aromatic rings. The molecular formula is C20H24O6. The molecule has 0 saturated carbocycles. The van der Waals surface area contributed by atoms with E-state index in [1.807, 2.05) is 48.6 Å². The fourth-order valence-corrected chi connectivity index (χ4v) is 2.34. The number of furan rings is 2. The molecule has 0 aromatic carbocycles. The van der Waals surface area contributed by atoms with Crippen LogP contribution in [0.15, 0.2) is 57.4 Å². The SMILES string of the molecule is C1=C/COCc2ccc(o2)COC/C=C/COCc2ccc(o2)COC/1. The maximum atomic E-state index is 5.65. The van der Waals surface area contributed by atoms with E-state index in [1.165, 1.54) is 0 Å². The van der Waals surface area contributed by atoms with Crippen molar-refractivity contribution in [1.29, 1.82) is 0 Å². The maximum Gasteiger partial charge on any atom is 0.130 e. The molecule has 1 aliphatic heterocycles. The average molecular weight is 360 g/mol. The van der Waals surface area contributed by atoms with Gasteiger partial charge in [0.05, 0.1) is 26.4 Å². The second-order valence-electron chi connectivity index (χ2n) is 5.74. The zero-order valence-electron chi connectivity index (χ0n) is 14.7. The van der Waals surface area contributed by atoms with Gasteiger partial charge >= 0.3 is 0 Å². The fraction of sp³-hybridized carbons (Fsp3) is 0.400. The number of hydrogen-bond acceptors (Lipinski definition) is 6. The van der Waals surface area contributed by atoms with E-state index in [2.05, 4.69) is 0 Å². The number of hydrogen-bond donors (Lipinski definition) is 0. The van der Waals surface area contributed by atoms with Gasteiger partial charge in [0, 0.05) is 0 Å². The molecule has 0 amide bonds. The minimum absolute atomic E-state index is 0.428. The molecule has 6 nitrogen and oxygen atoms in total. The van der Waals surface area contributed by atoms with Crippen LogP contribution >= 0.6 is 0 Å². The Morgan fingerprint density at radius 3 is 0.962 bits per heavy atom. The van der Waals surface area contributed by atoms with Crippen molar-refractivity contribution < 1.29 is 27.8 Å². The second-order valence-corrected chi connectivity index (χ2v) is 5.74. The zero-order valence-corrected chi connectivity index (χ0v) is 14.7. The van der Waals surface area contributed by atoms with Crippen molar-refractivity contribution in [3.63, 3.8) is 0 Å². The summed E-state index contributed by atoms with van der Waals surface area (Å²) in [5.41, 5.74) is 0. The monoisotopic (exact) mass is 360 g/mol. The molecule has 6 heteroatoms. The molecule has 0 atom stereocenters. The van der Waals surface area contributed by atoms with Crippen molar-refractivity contribution in [2.75, 3.05) is 26.4 Å². The standard InChI is InChI=1S/C20H24O6/c1-2-10-22-14-18-7-8-20(26-18)16-24-12-4-3-11-23-15-19-6-5-17(25-19)13-21-9-1/h1-8H,9-16H2/b2-1+,4-3+. The molecule has 0 saturated heterocycles. The van der Waals surface area contributed by atoms with Crippen LogP contribution < -0.4 is 0 Å². The first-order valence-electron chi connectivity index (χ1n) is 8.66. The van der Waals surface area contributed by atoms with Crippen LogP contribution in [0.5, 0.6) is 0 Å². The summed E-state index contributed by atoms with van der Waals surface area (Å²) < 4.78 is 33.5. The molecule has 0 unspecified atom stereocenters. The number of fused-ring (bicyclic) bond motifs is 4. The van der Waals surface area contributed by atoms with Crippen molar-refractivity contribution >= 4 is 0 Å². The largest absolute Gasteiger partial charge is 0.461 e. The lowest BCUT2D eigenvalue weighted by Gasteiger charge is -2.01. The van der Waals surface area contributed by atoms with Crippen LogP contribution in [0.3, 0.4) is 0 Å². The summed E-state index contributed by atoms with van der Waals surface area (Å²) in [4.78, 5) is 0. The van der Waals surface area contributed by atoms with Crippen molar-refractivity contribution in [2.45, 2.75) is 26.4 Å². The van der Waals surface area contributed by atoms with E-state index in [-0.39, 0.29) is 0 Å². The molecule has 0 radical (unpaired) electrons. The summed E-state index contributed by atoms with van der Waals surface area (Å²) in [6.07, 6.45) is 7.69. The summed E-state index contributed by atoms with van der Waals surface area (Å²) in [5.74, 6) is 3.14. The van der Waals surface area contributed by atoms with Gasteiger partial charge in [0.1, 0.15) is 49.5 Å². The van der Waals surface area contributed by atoms with Gasteiger partial charge in [-0.05, 0) is 24.3 Å². The normalized spacial score (nSPS) is 20.6. The van der Waals surface area contributed by atoms with Crippen LogP contribution in [0.2, 0.25) is 0 Å². The van der Waals surface area contributed by atoms with E-state index in [0.29, 0.717) is 52.9 Å². The Morgan fingerprint density at radius 2 is 0.692 bits per heavy atom. The van der Waals surface area contributed by atoms with Crippen molar-refractivity contribution in [3.05, 3.63) is 71.6 Å². The van der Waals surface area contributed by atoms with E-state index in [0.717, 1.165) is 23.0 Å². The van der Waals surface area contributed by atoms with E-state index in [1.54, 1.807) is 0 Å². The number of rotatable bonds is 0. The van der Waals surface area contributed by atoms with E-state index in [4.69, 9.17) is 27.8 Å². The highest BCUT2D eigenvalue weighted by molar-refractivity contribution is 5.06. The highest BCUT2D eigenvalue weighted by Gasteiger charge is 2.03. The first-order chi connectivity index (χ1) is 12.9. The van der Waals surface area contributed by atoms with Crippen LogP contribution in [0.25, 0.3) is 0 Å². The second kappa shape index (κ2) is 10.8. The van der Waals surface area contributed by atoms with E-state index >= 15 is 0 Å². The van der Waals surface area contributed by atoms with Gasteiger partial charge in [0.15, 0.2) is 0 Å². The topological polar surface area (TPSA) is 63.2 Å². The number of ether oxygens (including phenoxy) is 4. The Morgan fingerprint density at radius 1 is 0.423 bits per heavy atom. The molecule has 26 heavy (non-hydrogen) atoms. The lowest BCUT2D eigenvalue weighted by atomic mass is 10.4. The molecule has 3 rings (SSSR count). The van der Waals surface area contributed by atoms with Crippen LogP contribution in [-0.4, -0.2) is 26.4 Å². The lowest BCUT2D eigenvalue weighted by molar-refractivity contribution is 0.106. The highest BCUT2D eigenvalue weighted by atomic mass is 16.5. The molecule has 0 spiro atoms. The molecule has 4 bridgehead atoms. The Hall–Kier alpha value is -2.12. The van der Waals surface area contributed by atoms with Crippen molar-refractivity contribution in [1.82, 2.24) is 0 Å². The third-order valence-corrected chi connectivity index (χ3v) is 3.60. The molecular weight excluding hydrogens is 336 g/mol. The minimum Gasteiger partial charge on any atom is -0.461 e. The van der Waals surface area contributed by atoms with Crippen molar-refractivity contribution in [3.8, 4) is 0 Å². The zero-order chi connectivity index (χ0) is 17.9. The third kappa shape index (κ3) is 6.65. The first kappa shape index (κ1) is 18.7. The third-order valence-electron chi connectivity index (χ3n) is 3.60. The molecule has 2 aromatic heterocycles. The quantitative estimate of drug-likeness (QED) is 0.667. The predicted octanol–water partition coefficient (Wildman–Crippen LogP) is 3.77. The van der Waals surface area contributed by atoms with E-state index in [9.17, 15) is 0 Å². The summed E-state index contributed by atoms with van der Waals surface area (Å²) in [7, 11) is 0. The molecule has 0 N–H and O–H groups in total. The Balaban J connectivity index is 1.50. The Bertz CT molecular complexity index is 583. The van der Waals surface area contributed by atoms with E-state index < -0.39 is 0 Å². The molecule has 140 valence electrons. The summed E-state index contributed by atoms with van der Waals surface area (Å²) in [6.45, 7) is 3.72. The Labute approximate surface area is 153 Å². The molecule has 0 fully saturated rings. The first-order valence-corrected chi connectivity index (χ1v) is 8.66. The van der Waals surface area contributed by atoms with Gasteiger partial charge in [0.2, 0.25) is 0 Å². The van der Waals surface area contributed by atoms with Gasteiger partial charge in [-0.1, -0.05) is 24.3 Å². The maximum absolute atomic E-state index is 5.65. The summed E-state index contributed by atoms with van der Waals surface area (Å²) in [6, 6.07) is 7.62. The average Bonchev–Trinajstić information content (AvgIpc) is 3.28. The molecule has 1 aliphatic rings. The van der Waals surface area contributed by atoms with Crippen LogP contribution in [0.4, 0.5) is 0 Å². The smallest absolute Gasteiger partial charge is 0.130 e.